The van der Waals surface area contributed by atoms with Crippen LogP contribution in [0.2, 0.25) is 0 Å². The predicted octanol–water partition coefficient (Wildman–Crippen LogP) is 2.40. The molecule has 0 aliphatic carbocycles. The number of aromatic carboxylic acids is 1. The summed E-state index contributed by atoms with van der Waals surface area (Å²) in [6.45, 7) is 1.78. The van der Waals surface area contributed by atoms with Gasteiger partial charge in [0.15, 0.2) is 0 Å². The van der Waals surface area contributed by atoms with Crippen molar-refractivity contribution in [2.24, 2.45) is 0 Å². The van der Waals surface area contributed by atoms with Gasteiger partial charge in [-0.2, -0.15) is 0 Å². The molecule has 0 aliphatic heterocycles. The van der Waals surface area contributed by atoms with Gasteiger partial charge >= 0.3 is 11.7 Å². The number of benzene rings is 2. The number of nitro groups is 1. The van der Waals surface area contributed by atoms with Crippen molar-refractivity contribution in [3.63, 3.8) is 0 Å². The molecule has 0 saturated heterocycles. The van der Waals surface area contributed by atoms with Crippen LogP contribution in [0.25, 0.3) is 0 Å². The van der Waals surface area contributed by atoms with Crippen molar-refractivity contribution < 1.29 is 23.2 Å². The zero-order chi connectivity index (χ0) is 17.2. The zero-order valence-electron chi connectivity index (χ0n) is 11.9. The molecule has 2 N–H and O–H groups in total. The Hall–Kier alpha value is -2.94. The Kier molecular flexibility index (Phi) is 4.32. The van der Waals surface area contributed by atoms with Crippen LogP contribution in [-0.4, -0.2) is 24.4 Å². The fourth-order valence-electron chi connectivity index (χ4n) is 1.92. The number of para-hydroxylation sites is 1. The first-order chi connectivity index (χ1) is 10.7. The van der Waals surface area contributed by atoms with Gasteiger partial charge in [0, 0.05) is 0 Å². The van der Waals surface area contributed by atoms with E-state index in [4.69, 9.17) is 5.11 Å². The second-order valence-electron chi connectivity index (χ2n) is 4.68. The molecule has 23 heavy (non-hydrogen) atoms. The number of rotatable bonds is 5. The average molecular weight is 336 g/mol. The van der Waals surface area contributed by atoms with E-state index in [1.807, 2.05) is 0 Å². The highest BCUT2D eigenvalue weighted by Crippen LogP contribution is 2.30. The number of carboxylic acid groups (broad SMARTS) is 1. The third-order valence-corrected chi connectivity index (χ3v) is 4.41. The number of nitro benzene ring substituents is 1. The monoisotopic (exact) mass is 336 g/mol. The van der Waals surface area contributed by atoms with Crippen LogP contribution in [0.3, 0.4) is 0 Å². The lowest BCUT2D eigenvalue weighted by atomic mass is 10.1. The molecule has 120 valence electrons. The van der Waals surface area contributed by atoms with Gasteiger partial charge in [0.25, 0.3) is 10.0 Å². The van der Waals surface area contributed by atoms with Crippen LogP contribution in [0.5, 0.6) is 0 Å². The molecule has 2 rings (SSSR count). The molecule has 2 aromatic rings. The maximum Gasteiger partial charge on any atom is 0.342 e. The summed E-state index contributed by atoms with van der Waals surface area (Å²) < 4.78 is 26.6. The van der Waals surface area contributed by atoms with Crippen molar-refractivity contribution in [3.8, 4) is 0 Å². The summed E-state index contributed by atoms with van der Waals surface area (Å²) in [5, 5.41) is 20.1. The van der Waals surface area contributed by atoms with Crippen LogP contribution in [0, 0.1) is 17.0 Å². The Morgan fingerprint density at radius 2 is 1.78 bits per heavy atom. The minimum atomic E-state index is -4.08. The highest BCUT2D eigenvalue weighted by molar-refractivity contribution is 7.92. The minimum Gasteiger partial charge on any atom is -0.477 e. The Labute approximate surface area is 131 Å². The van der Waals surface area contributed by atoms with Gasteiger partial charge in [0.05, 0.1) is 9.82 Å². The maximum absolute atomic E-state index is 12.3. The third kappa shape index (κ3) is 3.46. The van der Waals surface area contributed by atoms with E-state index in [9.17, 15) is 23.3 Å². The Morgan fingerprint density at radius 1 is 1.17 bits per heavy atom. The van der Waals surface area contributed by atoms with E-state index in [0.29, 0.717) is 0 Å². The fraction of sp³-hybridized carbons (Fsp3) is 0.0714. The first-order valence-electron chi connectivity index (χ1n) is 6.32. The molecule has 0 atom stereocenters. The Morgan fingerprint density at radius 3 is 2.30 bits per heavy atom. The maximum atomic E-state index is 12.3. The molecule has 0 fully saturated rings. The Balaban J connectivity index is 2.51. The lowest BCUT2D eigenvalue weighted by molar-refractivity contribution is -0.384. The number of hydrogen-bond acceptors (Lipinski definition) is 5. The van der Waals surface area contributed by atoms with E-state index in [0.717, 1.165) is 17.7 Å². The highest BCUT2D eigenvalue weighted by atomic mass is 32.2. The number of aryl methyl sites for hydroxylation is 1. The lowest BCUT2D eigenvalue weighted by Gasteiger charge is -2.10. The van der Waals surface area contributed by atoms with E-state index in [2.05, 4.69) is 4.72 Å². The standard InChI is InChI=1S/C14H12N2O6S/c1-9-5-7-10(8-6-9)23(21,22)15-12-4-2-3-11(14(17)18)13(12)16(19)20/h2-8,15H,1H3,(H,17,18). The number of hydrogen-bond donors (Lipinski definition) is 2. The second kappa shape index (κ2) is 6.05. The van der Waals surface area contributed by atoms with Crippen LogP contribution in [-0.2, 0) is 10.0 Å². The first-order valence-corrected chi connectivity index (χ1v) is 7.81. The summed E-state index contributed by atoms with van der Waals surface area (Å²) in [6, 6.07) is 9.26. The van der Waals surface area contributed by atoms with Crippen molar-refractivity contribution >= 4 is 27.4 Å². The summed E-state index contributed by atoms with van der Waals surface area (Å²) in [5.41, 5.74) is -0.965. The molecule has 0 saturated carbocycles. The number of nitrogens with one attached hydrogen (secondary N) is 1. The zero-order valence-corrected chi connectivity index (χ0v) is 12.7. The van der Waals surface area contributed by atoms with E-state index < -0.39 is 37.9 Å². The fourth-order valence-corrected chi connectivity index (χ4v) is 2.98. The average Bonchev–Trinajstić information content (AvgIpc) is 2.46. The van der Waals surface area contributed by atoms with E-state index in [1.54, 1.807) is 19.1 Å². The number of carboxylic acids is 1. The topological polar surface area (TPSA) is 127 Å². The molecule has 0 amide bonds. The van der Waals surface area contributed by atoms with E-state index in [-0.39, 0.29) is 4.90 Å². The molecule has 9 heteroatoms. The van der Waals surface area contributed by atoms with Gasteiger partial charge in [-0.3, -0.25) is 14.8 Å². The number of nitrogens with zero attached hydrogens (tertiary/aromatic N) is 1. The molecule has 8 nitrogen and oxygen atoms in total. The van der Waals surface area contributed by atoms with Crippen LogP contribution in [0.1, 0.15) is 15.9 Å². The number of carbonyl (C=O) groups is 1. The van der Waals surface area contributed by atoms with Crippen molar-refractivity contribution in [1.29, 1.82) is 0 Å². The van der Waals surface area contributed by atoms with Crippen molar-refractivity contribution in [2.75, 3.05) is 4.72 Å². The summed E-state index contributed by atoms with van der Waals surface area (Å²) >= 11 is 0. The Bertz CT molecular complexity index is 875. The molecule has 0 spiro atoms. The second-order valence-corrected chi connectivity index (χ2v) is 6.36. The van der Waals surface area contributed by atoms with Gasteiger partial charge in [0.1, 0.15) is 11.3 Å². The van der Waals surface area contributed by atoms with Crippen LogP contribution >= 0.6 is 0 Å². The number of anilines is 1. The van der Waals surface area contributed by atoms with Crippen molar-refractivity contribution in [2.45, 2.75) is 11.8 Å². The summed E-state index contributed by atoms with van der Waals surface area (Å²) in [4.78, 5) is 21.2. The third-order valence-electron chi connectivity index (χ3n) is 3.02. The minimum absolute atomic E-state index is 0.0851. The normalized spacial score (nSPS) is 11.0. The molecule has 2 aromatic carbocycles. The highest BCUT2D eigenvalue weighted by Gasteiger charge is 2.27. The van der Waals surface area contributed by atoms with Crippen LogP contribution in [0.4, 0.5) is 11.4 Å². The molecular weight excluding hydrogens is 324 g/mol. The smallest absolute Gasteiger partial charge is 0.342 e. The quantitative estimate of drug-likeness (QED) is 0.637. The van der Waals surface area contributed by atoms with Crippen molar-refractivity contribution in [3.05, 3.63) is 63.7 Å². The molecule has 0 radical (unpaired) electrons. The van der Waals surface area contributed by atoms with Gasteiger partial charge in [-0.25, -0.2) is 13.2 Å². The summed E-state index contributed by atoms with van der Waals surface area (Å²) in [5.74, 6) is -1.52. The van der Waals surface area contributed by atoms with Crippen molar-refractivity contribution in [1.82, 2.24) is 0 Å². The predicted molar refractivity (Wildman–Crippen MR) is 82.0 cm³/mol. The van der Waals surface area contributed by atoms with Gasteiger partial charge in [-0.05, 0) is 31.2 Å². The van der Waals surface area contributed by atoms with E-state index >= 15 is 0 Å². The summed E-state index contributed by atoms with van der Waals surface area (Å²) in [7, 11) is -4.08. The lowest BCUT2D eigenvalue weighted by Crippen LogP contribution is -2.15. The largest absolute Gasteiger partial charge is 0.477 e. The van der Waals surface area contributed by atoms with Gasteiger partial charge in [-0.15, -0.1) is 0 Å². The molecule has 0 aromatic heterocycles. The molecule has 0 aliphatic rings. The molecule has 0 bridgehead atoms. The van der Waals surface area contributed by atoms with Gasteiger partial charge < -0.3 is 5.11 Å². The van der Waals surface area contributed by atoms with Crippen LogP contribution < -0.4 is 4.72 Å². The van der Waals surface area contributed by atoms with E-state index in [1.165, 1.54) is 18.2 Å². The SMILES string of the molecule is Cc1ccc(S(=O)(=O)Nc2cccc(C(=O)O)c2[N+](=O)[O-])cc1. The van der Waals surface area contributed by atoms with Crippen LogP contribution in [0.15, 0.2) is 47.4 Å². The molecule has 0 heterocycles. The number of sulfonamides is 1. The van der Waals surface area contributed by atoms with Gasteiger partial charge in [0.2, 0.25) is 0 Å². The molecule has 0 unspecified atom stereocenters. The first kappa shape index (κ1) is 16.4. The molecular formula is C14H12N2O6S. The summed E-state index contributed by atoms with van der Waals surface area (Å²) in [6.07, 6.45) is 0. The van der Waals surface area contributed by atoms with Gasteiger partial charge in [-0.1, -0.05) is 23.8 Å².